The summed E-state index contributed by atoms with van der Waals surface area (Å²) in [6, 6.07) is 0. The number of nitrogens with one attached hydrogen (secondary N) is 1. The second kappa shape index (κ2) is 5.34. The molecule has 1 heteroatoms. The van der Waals surface area contributed by atoms with Gasteiger partial charge in [0.2, 0.25) is 0 Å². The Morgan fingerprint density at radius 1 is 1.20 bits per heavy atom. The quantitative estimate of drug-likeness (QED) is 0.734. The summed E-state index contributed by atoms with van der Waals surface area (Å²) in [6.45, 7) is 7.38. The van der Waals surface area contributed by atoms with Crippen molar-refractivity contribution in [1.29, 1.82) is 0 Å². The van der Waals surface area contributed by atoms with E-state index in [2.05, 4.69) is 19.2 Å². The predicted octanol–water partition coefficient (Wildman–Crippen LogP) is 3.45. The van der Waals surface area contributed by atoms with Gasteiger partial charge in [0.15, 0.2) is 0 Å². The Hall–Kier alpha value is -0.0400. The zero-order valence-electron chi connectivity index (χ0n) is 10.5. The number of piperidine rings is 1. The highest BCUT2D eigenvalue weighted by Crippen LogP contribution is 2.39. The van der Waals surface area contributed by atoms with Crippen LogP contribution in [0.25, 0.3) is 0 Å². The smallest absolute Gasteiger partial charge is 0.00179 e. The minimum Gasteiger partial charge on any atom is -0.316 e. The Morgan fingerprint density at radius 2 is 2.07 bits per heavy atom. The Bertz CT molecular complexity index is 190. The van der Waals surface area contributed by atoms with Crippen LogP contribution in [-0.4, -0.2) is 13.1 Å². The first-order valence-corrected chi connectivity index (χ1v) is 7.02. The maximum absolute atomic E-state index is 3.57. The molecule has 15 heavy (non-hydrogen) atoms. The van der Waals surface area contributed by atoms with Crippen LogP contribution in [0.3, 0.4) is 0 Å². The standard InChI is InChI=1S/C14H27N/c1-3-12-10-15-8-7-14(12)13-6-4-5-11(2)9-13/h11-15H,3-10H2,1-2H3. The molecular weight excluding hydrogens is 182 g/mol. The van der Waals surface area contributed by atoms with Crippen LogP contribution in [0, 0.1) is 23.7 Å². The lowest BCUT2D eigenvalue weighted by Gasteiger charge is -2.40. The van der Waals surface area contributed by atoms with Crippen molar-refractivity contribution in [2.24, 2.45) is 23.7 Å². The molecule has 1 aliphatic carbocycles. The van der Waals surface area contributed by atoms with Crippen molar-refractivity contribution in [3.8, 4) is 0 Å². The molecule has 0 aromatic rings. The highest BCUT2D eigenvalue weighted by molar-refractivity contribution is 4.85. The minimum atomic E-state index is 0.967. The zero-order valence-corrected chi connectivity index (χ0v) is 10.5. The first kappa shape index (κ1) is 11.4. The van der Waals surface area contributed by atoms with Crippen molar-refractivity contribution in [3.63, 3.8) is 0 Å². The van der Waals surface area contributed by atoms with Crippen LogP contribution in [0.15, 0.2) is 0 Å². The normalized spacial score (nSPS) is 42.8. The van der Waals surface area contributed by atoms with Gasteiger partial charge in [-0.25, -0.2) is 0 Å². The van der Waals surface area contributed by atoms with E-state index >= 15 is 0 Å². The molecule has 2 rings (SSSR count). The first-order chi connectivity index (χ1) is 7.31. The molecular formula is C14H27N. The monoisotopic (exact) mass is 209 g/mol. The third-order valence-electron chi connectivity index (χ3n) is 4.77. The van der Waals surface area contributed by atoms with Crippen molar-refractivity contribution in [2.45, 2.75) is 52.4 Å². The van der Waals surface area contributed by atoms with E-state index in [4.69, 9.17) is 0 Å². The van der Waals surface area contributed by atoms with Crippen molar-refractivity contribution in [3.05, 3.63) is 0 Å². The molecule has 1 saturated heterocycles. The Morgan fingerprint density at radius 3 is 2.80 bits per heavy atom. The van der Waals surface area contributed by atoms with Crippen LogP contribution in [0.2, 0.25) is 0 Å². The molecule has 4 unspecified atom stereocenters. The van der Waals surface area contributed by atoms with E-state index in [9.17, 15) is 0 Å². The molecule has 0 aromatic heterocycles. The predicted molar refractivity (Wildman–Crippen MR) is 65.9 cm³/mol. The topological polar surface area (TPSA) is 12.0 Å². The summed E-state index contributed by atoms with van der Waals surface area (Å²) in [5.74, 6) is 4.06. The lowest BCUT2D eigenvalue weighted by molar-refractivity contribution is 0.117. The van der Waals surface area contributed by atoms with E-state index in [1.165, 1.54) is 51.6 Å². The second-order valence-electron chi connectivity index (χ2n) is 5.86. The zero-order chi connectivity index (χ0) is 10.7. The van der Waals surface area contributed by atoms with Gasteiger partial charge in [0.05, 0.1) is 0 Å². The van der Waals surface area contributed by atoms with Gasteiger partial charge in [-0.05, 0) is 49.6 Å². The molecule has 4 atom stereocenters. The van der Waals surface area contributed by atoms with Gasteiger partial charge in [-0.3, -0.25) is 0 Å². The van der Waals surface area contributed by atoms with E-state index in [0.29, 0.717) is 0 Å². The van der Waals surface area contributed by atoms with Gasteiger partial charge in [0.25, 0.3) is 0 Å². The van der Waals surface area contributed by atoms with Crippen LogP contribution in [0.5, 0.6) is 0 Å². The maximum Gasteiger partial charge on any atom is -0.00179 e. The van der Waals surface area contributed by atoms with Gasteiger partial charge >= 0.3 is 0 Å². The van der Waals surface area contributed by atoms with Crippen LogP contribution < -0.4 is 5.32 Å². The molecule has 1 N–H and O–H groups in total. The van der Waals surface area contributed by atoms with E-state index in [0.717, 1.165) is 23.7 Å². The van der Waals surface area contributed by atoms with Gasteiger partial charge in [-0.2, -0.15) is 0 Å². The summed E-state index contributed by atoms with van der Waals surface area (Å²) in [6.07, 6.45) is 8.83. The van der Waals surface area contributed by atoms with Gasteiger partial charge in [-0.15, -0.1) is 0 Å². The third kappa shape index (κ3) is 2.75. The molecule has 2 fully saturated rings. The Kier molecular flexibility index (Phi) is 4.07. The average Bonchev–Trinajstić information content (AvgIpc) is 2.29. The van der Waals surface area contributed by atoms with E-state index in [1.54, 1.807) is 0 Å². The Balaban J connectivity index is 1.94. The van der Waals surface area contributed by atoms with Crippen molar-refractivity contribution < 1.29 is 0 Å². The fourth-order valence-electron chi connectivity index (χ4n) is 3.88. The highest BCUT2D eigenvalue weighted by Gasteiger charge is 2.32. The SMILES string of the molecule is CCC1CNCCC1C1CCCC(C)C1. The minimum absolute atomic E-state index is 0.967. The molecule has 1 saturated carbocycles. The summed E-state index contributed by atoms with van der Waals surface area (Å²) in [4.78, 5) is 0. The largest absolute Gasteiger partial charge is 0.316 e. The second-order valence-corrected chi connectivity index (χ2v) is 5.86. The van der Waals surface area contributed by atoms with Gasteiger partial charge in [0, 0.05) is 0 Å². The summed E-state index contributed by atoms with van der Waals surface area (Å²) >= 11 is 0. The van der Waals surface area contributed by atoms with E-state index in [1.807, 2.05) is 0 Å². The lowest BCUT2D eigenvalue weighted by Crippen LogP contribution is -2.40. The van der Waals surface area contributed by atoms with E-state index < -0.39 is 0 Å². The Labute approximate surface area is 95.0 Å². The average molecular weight is 209 g/mol. The molecule has 0 amide bonds. The third-order valence-corrected chi connectivity index (χ3v) is 4.77. The highest BCUT2D eigenvalue weighted by atomic mass is 14.9. The molecule has 0 aromatic carbocycles. The van der Waals surface area contributed by atoms with Crippen LogP contribution in [-0.2, 0) is 0 Å². The van der Waals surface area contributed by atoms with Crippen LogP contribution in [0.4, 0.5) is 0 Å². The van der Waals surface area contributed by atoms with Gasteiger partial charge < -0.3 is 5.32 Å². The van der Waals surface area contributed by atoms with Crippen molar-refractivity contribution in [1.82, 2.24) is 5.32 Å². The molecule has 88 valence electrons. The summed E-state index contributed by atoms with van der Waals surface area (Å²) in [5.41, 5.74) is 0. The number of hydrogen-bond acceptors (Lipinski definition) is 1. The van der Waals surface area contributed by atoms with Gasteiger partial charge in [-0.1, -0.05) is 39.5 Å². The molecule has 1 heterocycles. The maximum atomic E-state index is 3.57. The molecule has 1 aliphatic heterocycles. The fraction of sp³-hybridized carbons (Fsp3) is 1.00. The number of hydrogen-bond donors (Lipinski definition) is 1. The molecule has 0 radical (unpaired) electrons. The molecule has 0 spiro atoms. The van der Waals surface area contributed by atoms with Gasteiger partial charge in [0.1, 0.15) is 0 Å². The molecule has 1 nitrogen and oxygen atoms in total. The summed E-state index contributed by atoms with van der Waals surface area (Å²) < 4.78 is 0. The summed E-state index contributed by atoms with van der Waals surface area (Å²) in [7, 11) is 0. The lowest BCUT2D eigenvalue weighted by atomic mass is 9.68. The molecule has 2 aliphatic rings. The summed E-state index contributed by atoms with van der Waals surface area (Å²) in [5, 5.41) is 3.57. The first-order valence-electron chi connectivity index (χ1n) is 7.02. The fourth-order valence-corrected chi connectivity index (χ4v) is 3.88. The molecule has 0 bridgehead atoms. The van der Waals surface area contributed by atoms with E-state index in [-0.39, 0.29) is 0 Å². The number of rotatable bonds is 2. The van der Waals surface area contributed by atoms with Crippen molar-refractivity contribution >= 4 is 0 Å². The van der Waals surface area contributed by atoms with Crippen molar-refractivity contribution in [2.75, 3.05) is 13.1 Å². The van der Waals surface area contributed by atoms with Crippen LogP contribution in [0.1, 0.15) is 52.4 Å². The van der Waals surface area contributed by atoms with Crippen LogP contribution >= 0.6 is 0 Å².